The van der Waals surface area contributed by atoms with Crippen molar-refractivity contribution in [2.45, 2.75) is 176 Å². The lowest BCUT2D eigenvalue weighted by Crippen LogP contribution is -2.38. The maximum atomic E-state index is 12.7. The molecule has 1 heterocycles. The van der Waals surface area contributed by atoms with Crippen LogP contribution in [0.15, 0.2) is 0 Å². The number of aliphatic carboxylic acids is 1. The highest BCUT2D eigenvalue weighted by Gasteiger charge is 2.50. The molecule has 2 aliphatic carbocycles. The van der Waals surface area contributed by atoms with E-state index in [0.29, 0.717) is 83.5 Å². The van der Waals surface area contributed by atoms with Gasteiger partial charge in [0.25, 0.3) is 0 Å². The number of nitrogens with zero attached hydrogens (tertiary/aromatic N) is 3. The van der Waals surface area contributed by atoms with Crippen molar-refractivity contribution in [3.05, 3.63) is 11.4 Å². The largest absolute Gasteiger partial charge is 0.481 e. The summed E-state index contributed by atoms with van der Waals surface area (Å²) in [5.74, 6) is 1.08. The molecule has 1 fully saturated rings. The lowest BCUT2D eigenvalue weighted by atomic mass is 9.85. The molecule has 0 aliphatic heterocycles. The van der Waals surface area contributed by atoms with Gasteiger partial charge < -0.3 is 29.4 Å². The Balaban J connectivity index is 1.11. The maximum absolute atomic E-state index is 12.7. The van der Waals surface area contributed by atoms with E-state index in [2.05, 4.69) is 22.6 Å². The third-order valence-corrected chi connectivity index (χ3v) is 12.3. The van der Waals surface area contributed by atoms with Gasteiger partial charge in [0.2, 0.25) is 5.91 Å². The summed E-state index contributed by atoms with van der Waals surface area (Å²) in [4.78, 5) is 36.2. The van der Waals surface area contributed by atoms with Gasteiger partial charge in [0.15, 0.2) is 0 Å². The van der Waals surface area contributed by atoms with E-state index in [1.807, 2.05) is 18.5 Å². The highest BCUT2D eigenvalue weighted by molar-refractivity contribution is 5.81. The van der Waals surface area contributed by atoms with Gasteiger partial charge in [0.1, 0.15) is 0 Å². The number of hydrogen-bond acceptors (Lipinski definition) is 9. The highest BCUT2D eigenvalue weighted by Crippen LogP contribution is 2.53. The second kappa shape index (κ2) is 27.2. The summed E-state index contributed by atoms with van der Waals surface area (Å²) in [7, 11) is 0. The molecule has 1 aromatic heterocycles. The average molecular weight is 805 g/mol. The molecule has 0 unspecified atom stereocenters. The van der Waals surface area contributed by atoms with Gasteiger partial charge in [-0.15, -0.1) is 5.10 Å². The monoisotopic (exact) mass is 805 g/mol. The number of ether oxygens (including phenoxy) is 4. The highest BCUT2D eigenvalue weighted by atomic mass is 16.5. The van der Waals surface area contributed by atoms with Crippen molar-refractivity contribution in [1.29, 1.82) is 0 Å². The predicted molar refractivity (Wildman–Crippen MR) is 223 cm³/mol. The Hall–Kier alpha value is -2.57. The molecule has 0 radical (unpaired) electrons. The van der Waals surface area contributed by atoms with Crippen molar-refractivity contribution in [2.24, 2.45) is 28.6 Å². The second-order valence-electron chi connectivity index (χ2n) is 18.0. The smallest absolute Gasteiger partial charge is 0.309 e. The summed E-state index contributed by atoms with van der Waals surface area (Å²) in [6, 6.07) is 0. The molecule has 0 saturated heterocycles. The first-order valence-electron chi connectivity index (χ1n) is 22.8. The number of esters is 1. The summed E-state index contributed by atoms with van der Waals surface area (Å²) >= 11 is 0. The standard InChI is InChI=1S/C45H80N4O8/c1-6-7-8-9-14-17-20-41(50)57-35-38-36-21-23-39-40(24-22-37(36)38)49(48-47-39)28-30-55-32-34-56-33-31-54-29-27-46-42(51)44(2,3)25-18-15-12-10-11-13-16-19-26-45(4,5)43(52)53/h36-38H,6-35H2,1-5H3,(H,46,51)(H,52,53)/t36-,37+,38-/m0/s1. The molecule has 1 saturated carbocycles. The van der Waals surface area contributed by atoms with Gasteiger partial charge in [-0.05, 0) is 76.5 Å². The molecule has 3 rings (SSSR count). The third-order valence-electron chi connectivity index (χ3n) is 12.3. The third kappa shape index (κ3) is 19.4. The average Bonchev–Trinajstić information content (AvgIpc) is 3.69. The van der Waals surface area contributed by atoms with E-state index in [0.717, 1.165) is 89.2 Å². The van der Waals surface area contributed by atoms with Gasteiger partial charge in [-0.1, -0.05) is 109 Å². The SMILES string of the molecule is CCCCCCCCC(=O)OC[C@@H]1[C@@H]2CCc3c(nnn3CCOCCOCCOCCNC(=O)C(C)(C)CCCCCCCCCCC(C)(C)C(=O)O)CC[C@@H]21. The zero-order valence-electron chi connectivity index (χ0n) is 36.6. The molecule has 0 spiro atoms. The number of aromatic nitrogens is 3. The normalized spacial score (nSPS) is 18.0. The van der Waals surface area contributed by atoms with Crippen molar-refractivity contribution >= 4 is 17.8 Å². The number of fused-ring (bicyclic) bond motifs is 2. The number of rotatable bonds is 34. The summed E-state index contributed by atoms with van der Waals surface area (Å²) in [6.07, 6.45) is 22.2. The zero-order chi connectivity index (χ0) is 41.4. The Labute approximate surface area is 344 Å². The molecule has 0 aromatic carbocycles. The first kappa shape index (κ1) is 48.8. The van der Waals surface area contributed by atoms with Crippen LogP contribution in [0.4, 0.5) is 0 Å². The van der Waals surface area contributed by atoms with E-state index >= 15 is 0 Å². The quantitative estimate of drug-likeness (QED) is 0.0513. The zero-order valence-corrected chi connectivity index (χ0v) is 36.6. The fraction of sp³-hybridized carbons (Fsp3) is 0.889. The minimum atomic E-state index is -0.712. The predicted octanol–water partition coefficient (Wildman–Crippen LogP) is 8.52. The number of nitrogens with one attached hydrogen (secondary N) is 1. The van der Waals surface area contributed by atoms with E-state index in [9.17, 15) is 19.5 Å². The molecular formula is C45H80N4O8. The van der Waals surface area contributed by atoms with Gasteiger partial charge in [-0.3, -0.25) is 14.4 Å². The first-order chi connectivity index (χ1) is 27.5. The van der Waals surface area contributed by atoms with Crippen LogP contribution in [0.25, 0.3) is 0 Å². The second-order valence-corrected chi connectivity index (χ2v) is 18.0. The van der Waals surface area contributed by atoms with Crippen LogP contribution in [-0.4, -0.2) is 90.7 Å². The van der Waals surface area contributed by atoms with Gasteiger partial charge in [0.05, 0.1) is 69.6 Å². The molecular weight excluding hydrogens is 725 g/mol. The lowest BCUT2D eigenvalue weighted by Gasteiger charge is -2.23. The van der Waals surface area contributed by atoms with Crippen LogP contribution in [-0.2, 0) is 52.7 Å². The molecule has 0 bridgehead atoms. The minimum absolute atomic E-state index is 0.0305. The number of aryl methyl sites for hydroxylation is 1. The Bertz CT molecular complexity index is 1280. The van der Waals surface area contributed by atoms with Crippen molar-refractivity contribution < 1.29 is 38.4 Å². The van der Waals surface area contributed by atoms with Crippen LogP contribution in [0.2, 0.25) is 0 Å². The Morgan fingerprint density at radius 3 is 1.89 bits per heavy atom. The van der Waals surface area contributed by atoms with Gasteiger partial charge in [-0.2, -0.15) is 0 Å². The fourth-order valence-corrected chi connectivity index (χ4v) is 8.15. The molecule has 1 aromatic rings. The number of carboxylic acid groups (broad SMARTS) is 1. The van der Waals surface area contributed by atoms with Crippen molar-refractivity contribution in [1.82, 2.24) is 20.3 Å². The molecule has 57 heavy (non-hydrogen) atoms. The van der Waals surface area contributed by atoms with Crippen LogP contribution in [0.5, 0.6) is 0 Å². The molecule has 2 aliphatic rings. The summed E-state index contributed by atoms with van der Waals surface area (Å²) < 4.78 is 24.8. The van der Waals surface area contributed by atoms with Crippen LogP contribution in [0.1, 0.15) is 168 Å². The van der Waals surface area contributed by atoms with Gasteiger partial charge in [-0.25, -0.2) is 4.68 Å². The molecule has 2 N–H and O–H groups in total. The number of hydrogen-bond donors (Lipinski definition) is 2. The first-order valence-corrected chi connectivity index (χ1v) is 22.8. The van der Waals surface area contributed by atoms with Gasteiger partial charge in [0, 0.05) is 18.4 Å². The summed E-state index contributed by atoms with van der Waals surface area (Å²) in [5, 5.41) is 21.2. The van der Waals surface area contributed by atoms with E-state index in [4.69, 9.17) is 18.9 Å². The molecule has 328 valence electrons. The maximum Gasteiger partial charge on any atom is 0.309 e. The van der Waals surface area contributed by atoms with Crippen LogP contribution < -0.4 is 5.32 Å². The van der Waals surface area contributed by atoms with Crippen molar-refractivity contribution in [3.63, 3.8) is 0 Å². The summed E-state index contributed by atoms with van der Waals surface area (Å²) in [6.45, 7) is 14.5. The van der Waals surface area contributed by atoms with Crippen LogP contribution in [0.3, 0.4) is 0 Å². The van der Waals surface area contributed by atoms with E-state index in [-0.39, 0.29) is 11.9 Å². The Kier molecular flexibility index (Phi) is 23.3. The van der Waals surface area contributed by atoms with Gasteiger partial charge >= 0.3 is 11.9 Å². The molecule has 12 nitrogen and oxygen atoms in total. The Morgan fingerprint density at radius 2 is 1.26 bits per heavy atom. The summed E-state index contributed by atoms with van der Waals surface area (Å²) in [5.41, 5.74) is 1.31. The van der Waals surface area contributed by atoms with Crippen LogP contribution >= 0.6 is 0 Å². The molecule has 12 heteroatoms. The fourth-order valence-electron chi connectivity index (χ4n) is 8.15. The van der Waals surface area contributed by atoms with E-state index in [1.54, 1.807) is 13.8 Å². The molecule has 1 amide bonds. The minimum Gasteiger partial charge on any atom is -0.481 e. The lowest BCUT2D eigenvalue weighted by molar-refractivity contribution is -0.147. The van der Waals surface area contributed by atoms with Crippen molar-refractivity contribution in [2.75, 3.05) is 52.8 Å². The topological polar surface area (TPSA) is 151 Å². The number of unbranched alkanes of at least 4 members (excludes halogenated alkanes) is 12. The van der Waals surface area contributed by atoms with E-state index in [1.165, 1.54) is 50.6 Å². The molecule has 3 atom stereocenters. The number of amides is 1. The van der Waals surface area contributed by atoms with Crippen LogP contribution in [0, 0.1) is 28.6 Å². The number of carboxylic acids is 1. The Morgan fingerprint density at radius 1 is 0.719 bits per heavy atom. The number of carbonyl (C=O) groups excluding carboxylic acids is 2. The number of carbonyl (C=O) groups is 3. The van der Waals surface area contributed by atoms with E-state index < -0.39 is 16.8 Å². The van der Waals surface area contributed by atoms with Crippen molar-refractivity contribution in [3.8, 4) is 0 Å².